The number of hydrogen-bond acceptors (Lipinski definition) is 5. The monoisotopic (exact) mass is 542 g/mol. The van der Waals surface area contributed by atoms with Gasteiger partial charge in [0.05, 0.1) is 0 Å². The largest absolute Gasteiger partial charge is 0.480 e. The zero-order chi connectivity index (χ0) is 27.9. The van der Waals surface area contributed by atoms with Crippen LogP contribution >= 0.6 is 0 Å². The first-order valence-electron chi connectivity index (χ1n) is 13.1. The summed E-state index contributed by atoms with van der Waals surface area (Å²) in [4.78, 5) is 38.1. The van der Waals surface area contributed by atoms with Crippen LogP contribution in [0, 0.1) is 19.3 Å². The van der Waals surface area contributed by atoms with E-state index in [2.05, 4.69) is 10.6 Å². The minimum atomic E-state index is -3.05. The van der Waals surface area contributed by atoms with Gasteiger partial charge in [0, 0.05) is 35.1 Å². The Labute approximate surface area is 225 Å². The van der Waals surface area contributed by atoms with E-state index in [1.54, 1.807) is 24.3 Å². The number of carboxylic acid groups (broad SMARTS) is 1. The molecule has 0 aliphatic heterocycles. The van der Waals surface area contributed by atoms with E-state index in [-0.39, 0.29) is 24.0 Å². The highest BCUT2D eigenvalue weighted by Gasteiger charge is 2.41. The van der Waals surface area contributed by atoms with Crippen LogP contribution in [-0.2, 0) is 25.8 Å². The van der Waals surface area contributed by atoms with Crippen molar-refractivity contribution in [1.82, 2.24) is 5.32 Å². The second-order valence-corrected chi connectivity index (χ2v) is 12.8. The Morgan fingerprint density at radius 1 is 0.974 bits per heavy atom. The lowest BCUT2D eigenvalue weighted by Crippen LogP contribution is -2.48. The van der Waals surface area contributed by atoms with Crippen LogP contribution in [0.25, 0.3) is 0 Å². The molecule has 0 saturated heterocycles. The molecule has 38 heavy (non-hydrogen) atoms. The average Bonchev–Trinajstić information content (AvgIpc) is 3.32. The number of carboxylic acids is 1. The van der Waals surface area contributed by atoms with Gasteiger partial charge >= 0.3 is 5.97 Å². The van der Waals surface area contributed by atoms with Crippen LogP contribution in [0.2, 0.25) is 0 Å². The molecule has 1 aliphatic carbocycles. The first-order valence-corrected chi connectivity index (χ1v) is 15.1. The Hall–Kier alpha value is -3.20. The summed E-state index contributed by atoms with van der Waals surface area (Å²) < 4.78 is 22.9. The van der Waals surface area contributed by atoms with E-state index in [1.807, 2.05) is 32.0 Å². The molecule has 2 amide bonds. The van der Waals surface area contributed by atoms with E-state index in [0.29, 0.717) is 43.4 Å². The Kier molecular flexibility index (Phi) is 9.71. The third-order valence-electron chi connectivity index (χ3n) is 7.43. The normalized spacial score (nSPS) is 15.6. The minimum Gasteiger partial charge on any atom is -0.480 e. The molecule has 2 aromatic rings. The molecule has 9 heteroatoms. The molecule has 3 N–H and O–H groups in total. The van der Waals surface area contributed by atoms with E-state index >= 15 is 0 Å². The molecule has 1 saturated carbocycles. The zero-order valence-electron chi connectivity index (χ0n) is 22.4. The van der Waals surface area contributed by atoms with Gasteiger partial charge in [-0.15, -0.1) is 0 Å². The highest BCUT2D eigenvalue weighted by molar-refractivity contribution is 7.90. The number of hydrogen-bond donors (Lipinski definition) is 3. The number of amides is 2. The molecule has 8 nitrogen and oxygen atoms in total. The maximum Gasteiger partial charge on any atom is 0.326 e. The van der Waals surface area contributed by atoms with Crippen molar-refractivity contribution in [3.05, 3.63) is 64.7 Å². The van der Waals surface area contributed by atoms with Gasteiger partial charge < -0.3 is 15.7 Å². The number of nitrogens with one attached hydrogen (secondary N) is 2. The van der Waals surface area contributed by atoms with Gasteiger partial charge in [0.2, 0.25) is 5.91 Å². The van der Waals surface area contributed by atoms with Crippen molar-refractivity contribution in [2.45, 2.75) is 71.3 Å². The standard InChI is InChI=1S/C29H38N2O6S/c1-20-9-8-10-21(2)25(20)26(32)30-23-13-11-22(12-14-23)19-24(27(33)34)31-28(35)29(15-4-5-16-29)17-6-7-18-38(3,36)37/h8-14,24H,4-7,15-19H2,1-3H3,(H,30,32)(H,31,35)(H,33,34)/t24-/m0/s1. The fraction of sp³-hybridized carbons (Fsp3) is 0.483. The van der Waals surface area contributed by atoms with E-state index in [4.69, 9.17) is 0 Å². The number of sulfone groups is 1. The van der Waals surface area contributed by atoms with Gasteiger partial charge in [-0.05, 0) is 68.4 Å². The highest BCUT2D eigenvalue weighted by atomic mass is 32.2. The molecule has 0 aromatic heterocycles. The minimum absolute atomic E-state index is 0.0868. The Morgan fingerprint density at radius 3 is 2.13 bits per heavy atom. The predicted molar refractivity (Wildman–Crippen MR) is 148 cm³/mol. The van der Waals surface area contributed by atoms with Crippen LogP contribution in [-0.4, -0.2) is 49.4 Å². The number of unbranched alkanes of at least 4 members (excludes halogenated alkanes) is 1. The van der Waals surface area contributed by atoms with E-state index in [1.165, 1.54) is 6.26 Å². The lowest BCUT2D eigenvalue weighted by molar-refractivity contribution is -0.144. The number of anilines is 1. The topological polar surface area (TPSA) is 130 Å². The number of carbonyl (C=O) groups excluding carboxylic acids is 2. The predicted octanol–water partition coefficient (Wildman–Crippen LogP) is 4.44. The van der Waals surface area contributed by atoms with Crippen molar-refractivity contribution < 1.29 is 27.9 Å². The molecule has 0 radical (unpaired) electrons. The third kappa shape index (κ3) is 7.90. The van der Waals surface area contributed by atoms with Crippen LogP contribution in [0.5, 0.6) is 0 Å². The van der Waals surface area contributed by atoms with Crippen LogP contribution in [0.15, 0.2) is 42.5 Å². The van der Waals surface area contributed by atoms with Crippen LogP contribution in [0.1, 0.15) is 72.0 Å². The zero-order valence-corrected chi connectivity index (χ0v) is 23.2. The first kappa shape index (κ1) is 29.4. The summed E-state index contributed by atoms with van der Waals surface area (Å²) in [6.45, 7) is 3.77. The number of aliphatic carboxylic acids is 1. The maximum atomic E-state index is 13.3. The number of rotatable bonds is 12. The molecule has 0 unspecified atom stereocenters. The fourth-order valence-corrected chi connectivity index (χ4v) is 6.04. The molecular formula is C29H38N2O6S. The Balaban J connectivity index is 1.63. The van der Waals surface area contributed by atoms with Gasteiger partial charge in [-0.25, -0.2) is 13.2 Å². The van der Waals surface area contributed by atoms with Crippen molar-refractivity contribution in [3.8, 4) is 0 Å². The summed E-state index contributed by atoms with van der Waals surface area (Å²) in [7, 11) is -3.05. The number of carbonyl (C=O) groups is 3. The SMILES string of the molecule is Cc1cccc(C)c1C(=O)Nc1ccc(C[C@H](NC(=O)C2(CCCCS(C)(=O)=O)CCCC2)C(=O)O)cc1. The van der Waals surface area contributed by atoms with Crippen LogP contribution in [0.3, 0.4) is 0 Å². The Bertz CT molecular complexity index is 1240. The molecular weight excluding hydrogens is 504 g/mol. The molecule has 1 atom stereocenters. The van der Waals surface area contributed by atoms with Gasteiger partial charge in [-0.1, -0.05) is 49.6 Å². The van der Waals surface area contributed by atoms with Crippen molar-refractivity contribution in [3.63, 3.8) is 0 Å². The molecule has 0 spiro atoms. The van der Waals surface area contributed by atoms with Crippen molar-refractivity contribution in [2.24, 2.45) is 5.41 Å². The second-order valence-electron chi connectivity index (χ2n) is 10.6. The lowest BCUT2D eigenvalue weighted by Gasteiger charge is -2.29. The van der Waals surface area contributed by atoms with Gasteiger partial charge in [-0.2, -0.15) is 0 Å². The van der Waals surface area contributed by atoms with Crippen molar-refractivity contribution >= 4 is 33.3 Å². The molecule has 1 fully saturated rings. The molecule has 206 valence electrons. The second kappa shape index (κ2) is 12.6. The van der Waals surface area contributed by atoms with Gasteiger partial charge in [0.1, 0.15) is 15.9 Å². The van der Waals surface area contributed by atoms with Crippen molar-refractivity contribution in [2.75, 3.05) is 17.3 Å². The van der Waals surface area contributed by atoms with Gasteiger partial charge in [0.15, 0.2) is 0 Å². The molecule has 2 aromatic carbocycles. The summed E-state index contributed by atoms with van der Waals surface area (Å²) in [5.74, 6) is -1.50. The quantitative estimate of drug-likeness (QED) is 0.340. The fourth-order valence-electron chi connectivity index (χ4n) is 5.31. The summed E-state index contributed by atoms with van der Waals surface area (Å²) in [6.07, 6.45) is 6.10. The number of aryl methyl sites for hydroxylation is 2. The van der Waals surface area contributed by atoms with Crippen LogP contribution in [0.4, 0.5) is 5.69 Å². The highest BCUT2D eigenvalue weighted by Crippen LogP contribution is 2.42. The maximum absolute atomic E-state index is 13.3. The average molecular weight is 543 g/mol. The van der Waals surface area contributed by atoms with Gasteiger partial charge in [0.25, 0.3) is 5.91 Å². The molecule has 3 rings (SSSR count). The van der Waals surface area contributed by atoms with Crippen LogP contribution < -0.4 is 10.6 Å². The third-order valence-corrected chi connectivity index (χ3v) is 8.46. The summed E-state index contributed by atoms with van der Waals surface area (Å²) in [6, 6.07) is 11.5. The van der Waals surface area contributed by atoms with Gasteiger partial charge in [-0.3, -0.25) is 9.59 Å². The smallest absolute Gasteiger partial charge is 0.326 e. The number of benzene rings is 2. The van der Waals surface area contributed by atoms with E-state index in [9.17, 15) is 27.9 Å². The lowest BCUT2D eigenvalue weighted by atomic mass is 9.80. The van der Waals surface area contributed by atoms with E-state index in [0.717, 1.165) is 29.5 Å². The summed E-state index contributed by atoms with van der Waals surface area (Å²) in [5, 5.41) is 15.5. The summed E-state index contributed by atoms with van der Waals surface area (Å²) in [5.41, 5.74) is 3.06. The molecule has 1 aliphatic rings. The van der Waals surface area contributed by atoms with Crippen molar-refractivity contribution in [1.29, 1.82) is 0 Å². The molecule has 0 bridgehead atoms. The summed E-state index contributed by atoms with van der Waals surface area (Å²) >= 11 is 0. The Morgan fingerprint density at radius 2 is 1.58 bits per heavy atom. The van der Waals surface area contributed by atoms with E-state index < -0.39 is 27.3 Å². The molecule has 0 heterocycles. The first-order chi connectivity index (χ1) is 17.9.